The van der Waals surface area contributed by atoms with Crippen LogP contribution in [-0.4, -0.2) is 98.2 Å². The monoisotopic (exact) mass is 815 g/mol. The van der Waals surface area contributed by atoms with Gasteiger partial charge in [-0.2, -0.15) is 53.0 Å². The summed E-state index contributed by atoms with van der Waals surface area (Å²) in [6.07, 6.45) is -1.29. The van der Waals surface area contributed by atoms with Gasteiger partial charge in [0.2, 0.25) is 11.9 Å². The van der Waals surface area contributed by atoms with Crippen LogP contribution in [0.25, 0.3) is 21.5 Å². The Bertz CT molecular complexity index is 2840. The van der Waals surface area contributed by atoms with Gasteiger partial charge in [-0.25, -0.2) is 0 Å². The number of halogens is 1. The van der Waals surface area contributed by atoms with Gasteiger partial charge in [0.25, 0.3) is 40.5 Å². The van der Waals surface area contributed by atoms with Crippen molar-refractivity contribution in [2.75, 3.05) is 36.5 Å². The topological polar surface area (TPSA) is 326 Å². The summed E-state index contributed by atoms with van der Waals surface area (Å²) in [6.45, 7) is 1.04. The molecule has 21 nitrogen and oxygen atoms in total. The minimum Gasteiger partial charge on any atom is -0.505 e. The van der Waals surface area contributed by atoms with Crippen LogP contribution in [0.3, 0.4) is 0 Å². The van der Waals surface area contributed by atoms with Crippen LogP contribution in [0.4, 0.5) is 33.3 Å². The summed E-state index contributed by atoms with van der Waals surface area (Å²) >= 11 is 0. The third-order valence-corrected chi connectivity index (χ3v) is 11.1. The molecular formula is C27H22FN7O14S4. The number of morpholine rings is 1. The molecule has 6 rings (SSSR count). The molecule has 1 fully saturated rings. The molecule has 0 aliphatic carbocycles. The molecule has 4 aromatic carbocycles. The summed E-state index contributed by atoms with van der Waals surface area (Å²) in [7, 11) is -20.7. The van der Waals surface area contributed by atoms with E-state index in [0.717, 1.165) is 36.4 Å². The highest BCUT2D eigenvalue weighted by atomic mass is 32.2. The lowest BCUT2D eigenvalue weighted by molar-refractivity contribution is 0.122. The van der Waals surface area contributed by atoms with Crippen molar-refractivity contribution >= 4 is 91.0 Å². The van der Waals surface area contributed by atoms with E-state index >= 15 is 0 Å². The predicted octanol–water partition coefficient (Wildman–Crippen LogP) is 3.01. The van der Waals surface area contributed by atoms with Crippen molar-refractivity contribution < 1.29 is 66.1 Å². The number of nitrogens with one attached hydrogen (secondary N) is 1. The van der Waals surface area contributed by atoms with E-state index in [9.17, 15) is 61.4 Å². The Morgan fingerprint density at radius 3 is 2.06 bits per heavy atom. The summed E-state index contributed by atoms with van der Waals surface area (Å²) in [5, 5.41) is 19.4. The molecule has 53 heavy (non-hydrogen) atoms. The Labute approximate surface area is 297 Å². The number of phenolic OH excluding ortho intramolecular Hbond substituents is 1. The van der Waals surface area contributed by atoms with Gasteiger partial charge in [0, 0.05) is 29.2 Å². The van der Waals surface area contributed by atoms with E-state index in [-0.39, 0.29) is 37.6 Å². The summed E-state index contributed by atoms with van der Waals surface area (Å²) < 4.78 is 158. The zero-order valence-corrected chi connectivity index (χ0v) is 29.3. The second-order valence-electron chi connectivity index (χ2n) is 11.0. The third kappa shape index (κ3) is 7.70. The molecule has 1 aromatic heterocycles. The van der Waals surface area contributed by atoms with Gasteiger partial charge in [-0.3, -0.25) is 18.2 Å². The highest BCUT2D eigenvalue weighted by molar-refractivity contribution is 7.87. The molecule has 0 atom stereocenters. The number of ether oxygens (including phenoxy) is 1. The maximum absolute atomic E-state index is 14.6. The number of rotatable bonds is 9. The van der Waals surface area contributed by atoms with Crippen LogP contribution in [0.2, 0.25) is 0 Å². The molecule has 26 heteroatoms. The van der Waals surface area contributed by atoms with Gasteiger partial charge >= 0.3 is 6.08 Å². The van der Waals surface area contributed by atoms with Crippen LogP contribution < -0.4 is 10.2 Å². The first-order valence-electron chi connectivity index (χ1n) is 14.4. The zero-order chi connectivity index (χ0) is 38.7. The van der Waals surface area contributed by atoms with Crippen molar-refractivity contribution in [3.8, 4) is 5.75 Å². The van der Waals surface area contributed by atoms with E-state index in [1.807, 2.05) is 0 Å². The molecule has 280 valence electrons. The van der Waals surface area contributed by atoms with Crippen LogP contribution in [0.5, 0.6) is 5.75 Å². The summed E-state index contributed by atoms with van der Waals surface area (Å²) in [6, 6.07) is 6.84. The number of fused-ring (bicyclic) bond motifs is 2. The number of aromatic hydroxyl groups is 1. The normalized spacial score (nSPS) is 14.7. The second kappa shape index (κ2) is 13.4. The predicted molar refractivity (Wildman–Crippen MR) is 179 cm³/mol. The lowest BCUT2D eigenvalue weighted by Gasteiger charge is -2.26. The van der Waals surface area contributed by atoms with Crippen LogP contribution in [0.1, 0.15) is 0 Å². The van der Waals surface area contributed by atoms with Crippen molar-refractivity contribution in [1.82, 2.24) is 15.0 Å². The van der Waals surface area contributed by atoms with E-state index in [1.165, 1.54) is 4.90 Å². The average molecular weight is 816 g/mol. The van der Waals surface area contributed by atoms with E-state index in [1.54, 1.807) is 0 Å². The molecule has 0 unspecified atom stereocenters. The summed E-state index contributed by atoms with van der Waals surface area (Å²) in [4.78, 5) is 8.88. The number of hydrogen-bond donors (Lipinski definition) is 6. The maximum Gasteiger partial charge on any atom is 0.315 e. The number of benzene rings is 4. The zero-order valence-electron chi connectivity index (χ0n) is 26.1. The smallest absolute Gasteiger partial charge is 0.315 e. The van der Waals surface area contributed by atoms with E-state index in [2.05, 4.69) is 30.5 Å². The van der Waals surface area contributed by atoms with Crippen LogP contribution in [0, 0.1) is 6.08 Å². The van der Waals surface area contributed by atoms with Gasteiger partial charge in [-0.1, -0.05) is 18.2 Å². The number of anilines is 3. The number of hydrogen-bond acceptors (Lipinski definition) is 17. The molecule has 1 aliphatic heterocycles. The number of aromatic nitrogens is 3. The number of phenols is 1. The maximum atomic E-state index is 14.6. The van der Waals surface area contributed by atoms with Gasteiger partial charge < -0.3 is 20.1 Å². The van der Waals surface area contributed by atoms with Crippen LogP contribution in [0.15, 0.2) is 78.3 Å². The van der Waals surface area contributed by atoms with Crippen molar-refractivity contribution in [1.29, 1.82) is 0 Å². The largest absolute Gasteiger partial charge is 0.505 e. The highest BCUT2D eigenvalue weighted by Gasteiger charge is 2.28. The quantitative estimate of drug-likeness (QED) is 0.0919. The minimum absolute atomic E-state index is 0.167. The Hall–Kier alpha value is -5.06. The molecule has 0 radical (unpaired) electrons. The van der Waals surface area contributed by atoms with E-state index in [4.69, 9.17) is 4.74 Å². The molecule has 1 saturated heterocycles. The van der Waals surface area contributed by atoms with Crippen LogP contribution in [-0.2, 0) is 45.2 Å². The van der Waals surface area contributed by atoms with Gasteiger partial charge in [0.15, 0.2) is 5.75 Å². The molecular weight excluding hydrogens is 794 g/mol. The Kier molecular flexibility index (Phi) is 9.54. The molecule has 0 saturated carbocycles. The number of azo groups is 1. The van der Waals surface area contributed by atoms with Crippen molar-refractivity contribution in [3.05, 3.63) is 54.6 Å². The van der Waals surface area contributed by atoms with Gasteiger partial charge in [0.1, 0.15) is 26.1 Å². The lowest BCUT2D eigenvalue weighted by atomic mass is 10.1. The fraction of sp³-hybridized carbons (Fsp3) is 0.148. The molecule has 0 bridgehead atoms. The SMILES string of the molecule is O=S(=O)(O)c1cc(Nc2nc(F)nc(N3CCOCC3)n2)c2c(O)c(N=Nc3ccc4c(S(=O)(=O)O)cccc4c3S(=O)(=O)O)c(S(=O)(=O)O)cc2c1. The van der Waals surface area contributed by atoms with Crippen LogP contribution >= 0.6 is 0 Å². The fourth-order valence-corrected chi connectivity index (χ4v) is 8.13. The first-order chi connectivity index (χ1) is 24.6. The molecule has 0 spiro atoms. The first kappa shape index (κ1) is 37.7. The summed E-state index contributed by atoms with van der Waals surface area (Å²) in [5.41, 5.74) is -2.36. The summed E-state index contributed by atoms with van der Waals surface area (Å²) in [5.74, 6) is -1.90. The second-order valence-corrected chi connectivity index (χ2v) is 16.5. The van der Waals surface area contributed by atoms with Gasteiger partial charge in [0.05, 0.1) is 23.8 Å². The molecule has 1 aliphatic rings. The third-order valence-electron chi connectivity index (χ3n) is 7.58. The van der Waals surface area contributed by atoms with Gasteiger partial charge in [-0.15, -0.1) is 10.2 Å². The Balaban J connectivity index is 1.59. The van der Waals surface area contributed by atoms with Gasteiger partial charge in [-0.05, 0) is 35.7 Å². The first-order valence-corrected chi connectivity index (χ1v) is 20.1. The number of nitrogens with zero attached hydrogens (tertiary/aromatic N) is 6. The molecule has 0 amide bonds. The average Bonchev–Trinajstić information content (AvgIpc) is 3.05. The molecule has 5 aromatic rings. The highest BCUT2D eigenvalue weighted by Crippen LogP contribution is 2.46. The Morgan fingerprint density at radius 1 is 0.755 bits per heavy atom. The molecule has 6 N–H and O–H groups in total. The standard InChI is InChI=1S/C27H22FN7O14S4/c28-25-30-26(32-27(31-25)35-6-8-49-9-7-35)29-18-12-14(50(37,38)39)10-13-11-20(52(43,44)45)22(23(36)21(13)18)34-33-17-5-4-15-16(24(17)53(46,47)48)2-1-3-19(15)51(40,41)42/h1-5,10-12,36H,6-9H2,(H,37,38,39)(H,40,41,42)(H,43,44,45)(H,46,47,48)(H,29,30,31,32). The fourth-order valence-electron chi connectivity index (χ4n) is 5.39. The van der Waals surface area contributed by atoms with Crippen molar-refractivity contribution in [3.63, 3.8) is 0 Å². The van der Waals surface area contributed by atoms with Crippen molar-refractivity contribution in [2.24, 2.45) is 10.2 Å². The molecule has 2 heterocycles. The minimum atomic E-state index is -5.40. The van der Waals surface area contributed by atoms with E-state index < -0.39 is 111 Å². The van der Waals surface area contributed by atoms with Crippen molar-refractivity contribution in [2.45, 2.75) is 19.6 Å². The lowest BCUT2D eigenvalue weighted by Crippen LogP contribution is -2.37. The van der Waals surface area contributed by atoms with E-state index in [0.29, 0.717) is 12.1 Å². The Morgan fingerprint density at radius 2 is 1.43 bits per heavy atom.